The summed E-state index contributed by atoms with van der Waals surface area (Å²) in [5.74, 6) is 1.03. The van der Waals surface area contributed by atoms with Crippen LogP contribution in [0.4, 0.5) is 0 Å². The van der Waals surface area contributed by atoms with Crippen molar-refractivity contribution >= 4 is 16.8 Å². The number of hydrogen-bond donors (Lipinski definition) is 1. The van der Waals surface area contributed by atoms with Crippen LogP contribution in [-0.4, -0.2) is 5.11 Å². The van der Waals surface area contributed by atoms with E-state index in [-0.39, 0.29) is 5.41 Å². The van der Waals surface area contributed by atoms with Gasteiger partial charge in [0.15, 0.2) is 0 Å². The third kappa shape index (κ3) is 2.66. The van der Waals surface area contributed by atoms with Gasteiger partial charge in [-0.3, -0.25) is 0 Å². The van der Waals surface area contributed by atoms with Gasteiger partial charge in [0.25, 0.3) is 0 Å². The molecule has 0 spiro atoms. The first-order valence-corrected chi connectivity index (χ1v) is 9.43. The summed E-state index contributed by atoms with van der Waals surface area (Å²) in [4.78, 5) is 0. The van der Waals surface area contributed by atoms with Gasteiger partial charge < -0.3 is 5.11 Å². The average molecular weight is 332 g/mol. The molecule has 0 heterocycles. The largest absolute Gasteiger partial charge is 0.386 e. The number of aliphatic hydroxyl groups is 1. The number of rotatable bonds is 2. The fourth-order valence-corrected chi connectivity index (χ4v) is 4.92. The normalized spacial score (nSPS) is 28.5. The van der Waals surface area contributed by atoms with Crippen LogP contribution in [0.2, 0.25) is 0 Å². The van der Waals surface area contributed by atoms with Gasteiger partial charge in [-0.05, 0) is 83.9 Å². The highest BCUT2D eigenvalue weighted by atomic mass is 16.3. The van der Waals surface area contributed by atoms with Crippen molar-refractivity contribution in [2.24, 2.45) is 11.3 Å². The summed E-state index contributed by atoms with van der Waals surface area (Å²) in [6.07, 6.45) is 10.3. The number of benzene rings is 2. The molecule has 2 aromatic rings. The van der Waals surface area contributed by atoms with Gasteiger partial charge in [0.2, 0.25) is 0 Å². The molecule has 1 N–H and O–H groups in total. The van der Waals surface area contributed by atoms with E-state index in [1.54, 1.807) is 0 Å². The summed E-state index contributed by atoms with van der Waals surface area (Å²) in [5, 5.41) is 13.4. The van der Waals surface area contributed by atoms with Crippen molar-refractivity contribution in [1.82, 2.24) is 0 Å². The third-order valence-electron chi connectivity index (χ3n) is 6.41. The van der Waals surface area contributed by atoms with Gasteiger partial charge in [-0.1, -0.05) is 49.4 Å². The van der Waals surface area contributed by atoms with E-state index in [9.17, 15) is 5.11 Å². The molecule has 0 amide bonds. The van der Waals surface area contributed by atoms with E-state index >= 15 is 0 Å². The molecular formula is C24H28O. The first-order valence-electron chi connectivity index (χ1n) is 9.43. The second kappa shape index (κ2) is 5.57. The van der Waals surface area contributed by atoms with Crippen molar-refractivity contribution in [2.45, 2.75) is 51.6 Å². The Labute approximate surface area is 151 Å². The molecule has 0 saturated heterocycles. The van der Waals surface area contributed by atoms with Gasteiger partial charge >= 0.3 is 0 Å². The van der Waals surface area contributed by atoms with Crippen molar-refractivity contribution in [3.8, 4) is 0 Å². The van der Waals surface area contributed by atoms with Crippen LogP contribution in [0.1, 0.15) is 62.6 Å². The maximum atomic E-state index is 10.9. The molecule has 3 unspecified atom stereocenters. The van der Waals surface area contributed by atoms with E-state index < -0.39 is 5.60 Å². The Morgan fingerprint density at radius 3 is 2.76 bits per heavy atom. The lowest BCUT2D eigenvalue weighted by Crippen LogP contribution is -2.32. The van der Waals surface area contributed by atoms with Crippen molar-refractivity contribution in [3.63, 3.8) is 0 Å². The van der Waals surface area contributed by atoms with Crippen LogP contribution in [0.25, 0.3) is 16.8 Å². The van der Waals surface area contributed by atoms with Crippen molar-refractivity contribution in [1.29, 1.82) is 0 Å². The number of hydrogen-bond acceptors (Lipinski definition) is 1. The van der Waals surface area contributed by atoms with Crippen molar-refractivity contribution < 1.29 is 5.11 Å². The summed E-state index contributed by atoms with van der Waals surface area (Å²) >= 11 is 0. The lowest BCUT2D eigenvalue weighted by Gasteiger charge is -2.44. The minimum absolute atomic E-state index is 0.231. The molecular weight excluding hydrogens is 304 g/mol. The van der Waals surface area contributed by atoms with Crippen LogP contribution in [0.3, 0.4) is 0 Å². The molecule has 0 bridgehead atoms. The predicted molar refractivity (Wildman–Crippen MR) is 107 cm³/mol. The maximum absolute atomic E-state index is 10.9. The smallest absolute Gasteiger partial charge is 0.0843 e. The zero-order chi connectivity index (χ0) is 17.8. The van der Waals surface area contributed by atoms with Gasteiger partial charge in [-0.25, -0.2) is 0 Å². The molecule has 0 radical (unpaired) electrons. The summed E-state index contributed by atoms with van der Waals surface area (Å²) in [5.41, 5.74) is 3.20. The fourth-order valence-electron chi connectivity index (χ4n) is 4.92. The topological polar surface area (TPSA) is 20.2 Å². The van der Waals surface area contributed by atoms with Crippen LogP contribution in [0, 0.1) is 11.3 Å². The maximum Gasteiger partial charge on any atom is 0.0843 e. The molecule has 0 aliphatic heterocycles. The lowest BCUT2D eigenvalue weighted by molar-refractivity contribution is 0.0761. The Balaban J connectivity index is 1.94. The van der Waals surface area contributed by atoms with Crippen LogP contribution in [-0.2, 0) is 5.60 Å². The summed E-state index contributed by atoms with van der Waals surface area (Å²) in [7, 11) is 0. The number of allylic oxidation sites excluding steroid dienone is 2. The molecule has 2 aromatic carbocycles. The summed E-state index contributed by atoms with van der Waals surface area (Å²) in [6.45, 7) is 10.2. The third-order valence-corrected chi connectivity index (χ3v) is 6.41. The van der Waals surface area contributed by atoms with Gasteiger partial charge in [-0.2, -0.15) is 0 Å². The average Bonchev–Trinajstić information content (AvgIpc) is 2.59. The van der Waals surface area contributed by atoms with E-state index in [0.717, 1.165) is 18.4 Å². The van der Waals surface area contributed by atoms with E-state index in [0.29, 0.717) is 11.8 Å². The summed E-state index contributed by atoms with van der Waals surface area (Å²) < 4.78 is 0. The molecule has 4 rings (SSSR count). The van der Waals surface area contributed by atoms with Gasteiger partial charge in [0.1, 0.15) is 0 Å². The van der Waals surface area contributed by atoms with E-state index in [4.69, 9.17) is 0 Å². The van der Waals surface area contributed by atoms with Gasteiger partial charge in [-0.15, -0.1) is 6.58 Å². The molecule has 2 aliphatic carbocycles. The van der Waals surface area contributed by atoms with Crippen molar-refractivity contribution in [2.75, 3.05) is 0 Å². The molecule has 3 atom stereocenters. The standard InChI is InChI=1S/C24H28O/c1-5-24(4)13-12-19-17(15-24)10-11-20-18-9-7-6-8-16(18)14-21(22(19)20)23(2,3)25/h5-11,14,17,19,25H,1,12-13,15H2,2-4H3. The van der Waals surface area contributed by atoms with E-state index in [2.05, 4.69) is 62.1 Å². The minimum atomic E-state index is -0.830. The molecule has 25 heavy (non-hydrogen) atoms. The zero-order valence-corrected chi connectivity index (χ0v) is 15.5. The van der Waals surface area contributed by atoms with Crippen LogP contribution in [0.5, 0.6) is 0 Å². The first-order chi connectivity index (χ1) is 11.8. The van der Waals surface area contributed by atoms with E-state index in [1.807, 2.05) is 13.8 Å². The predicted octanol–water partition coefficient (Wildman–Crippen LogP) is 6.17. The van der Waals surface area contributed by atoms with Crippen LogP contribution < -0.4 is 0 Å². The second-order valence-electron chi connectivity index (χ2n) is 8.76. The fraction of sp³-hybridized carbons (Fsp3) is 0.417. The Bertz CT molecular complexity index is 868. The SMILES string of the molecule is C=CC1(C)CCC2c3c(C(C)(C)O)cc4ccccc4c3C=CC2C1. The molecule has 130 valence electrons. The minimum Gasteiger partial charge on any atom is -0.386 e. The second-order valence-corrected chi connectivity index (χ2v) is 8.76. The summed E-state index contributed by atoms with van der Waals surface area (Å²) in [6, 6.07) is 10.8. The first kappa shape index (κ1) is 16.6. The Morgan fingerprint density at radius 1 is 1.28 bits per heavy atom. The molecule has 0 aromatic heterocycles. The molecule has 1 fully saturated rings. The lowest BCUT2D eigenvalue weighted by atomic mass is 9.61. The van der Waals surface area contributed by atoms with Gasteiger partial charge in [0, 0.05) is 0 Å². The van der Waals surface area contributed by atoms with Crippen molar-refractivity contribution in [3.05, 3.63) is 65.8 Å². The Kier molecular flexibility index (Phi) is 3.70. The highest BCUT2D eigenvalue weighted by Gasteiger charge is 2.40. The van der Waals surface area contributed by atoms with E-state index in [1.165, 1.54) is 28.3 Å². The van der Waals surface area contributed by atoms with Gasteiger partial charge in [0.05, 0.1) is 5.60 Å². The highest BCUT2D eigenvalue weighted by molar-refractivity contribution is 5.94. The quantitative estimate of drug-likeness (QED) is 0.652. The van der Waals surface area contributed by atoms with Crippen LogP contribution >= 0.6 is 0 Å². The molecule has 1 nitrogen and oxygen atoms in total. The Morgan fingerprint density at radius 2 is 2.04 bits per heavy atom. The highest BCUT2D eigenvalue weighted by Crippen LogP contribution is 2.53. The zero-order valence-electron chi connectivity index (χ0n) is 15.5. The van der Waals surface area contributed by atoms with Crippen LogP contribution in [0.15, 0.2) is 49.1 Å². The number of fused-ring (bicyclic) bond motifs is 5. The molecule has 2 aliphatic rings. The molecule has 1 heteroatoms. The monoisotopic (exact) mass is 332 g/mol. The molecule has 1 saturated carbocycles. The Hall–Kier alpha value is -1.86.